The van der Waals surface area contributed by atoms with Gasteiger partial charge in [0.2, 0.25) is 15.9 Å². The second-order valence-corrected chi connectivity index (χ2v) is 9.19. The molecule has 2 aromatic rings. The summed E-state index contributed by atoms with van der Waals surface area (Å²) in [6.45, 7) is -0.360. The van der Waals surface area contributed by atoms with Gasteiger partial charge >= 0.3 is 6.18 Å². The SMILES string of the molecule is O=C(CCc1ccc(S(=O)(=O)N2CCOCC2)cc1)Nc1cc(F)ccc1OCC(F)(F)F. The topological polar surface area (TPSA) is 84.9 Å². The van der Waals surface area contributed by atoms with Crippen molar-refractivity contribution in [3.63, 3.8) is 0 Å². The van der Waals surface area contributed by atoms with E-state index in [0.717, 1.165) is 18.2 Å². The van der Waals surface area contributed by atoms with Crippen molar-refractivity contribution in [1.29, 1.82) is 0 Å². The number of nitrogens with zero attached hydrogens (tertiary/aromatic N) is 1. The number of alkyl halides is 3. The van der Waals surface area contributed by atoms with Crippen molar-refractivity contribution in [3.8, 4) is 5.75 Å². The van der Waals surface area contributed by atoms with E-state index in [9.17, 15) is 30.8 Å². The van der Waals surface area contributed by atoms with Crippen LogP contribution in [0, 0.1) is 5.82 Å². The highest BCUT2D eigenvalue weighted by atomic mass is 32.2. The van der Waals surface area contributed by atoms with Crippen LogP contribution in [0.15, 0.2) is 47.4 Å². The summed E-state index contributed by atoms with van der Waals surface area (Å²) in [7, 11) is -3.63. The normalized spacial score (nSPS) is 15.3. The summed E-state index contributed by atoms with van der Waals surface area (Å²) in [6, 6.07) is 8.87. The number of hydrogen-bond acceptors (Lipinski definition) is 5. The molecule has 1 heterocycles. The molecule has 1 amide bonds. The molecular formula is C21H22F4N2O5S. The molecule has 180 valence electrons. The third-order valence-corrected chi connectivity index (χ3v) is 6.69. The van der Waals surface area contributed by atoms with Crippen LogP contribution in [0.4, 0.5) is 23.2 Å². The molecule has 2 aromatic carbocycles. The number of aryl methyl sites for hydroxylation is 1. The fourth-order valence-electron chi connectivity index (χ4n) is 3.12. The molecule has 1 aliphatic heterocycles. The van der Waals surface area contributed by atoms with Gasteiger partial charge in [-0.15, -0.1) is 0 Å². The zero-order chi connectivity index (χ0) is 24.1. The van der Waals surface area contributed by atoms with E-state index in [1.807, 2.05) is 0 Å². The Morgan fingerprint density at radius 1 is 1.09 bits per heavy atom. The summed E-state index contributed by atoms with van der Waals surface area (Å²) >= 11 is 0. The van der Waals surface area contributed by atoms with E-state index in [-0.39, 0.29) is 42.3 Å². The highest BCUT2D eigenvalue weighted by Crippen LogP contribution is 2.28. The van der Waals surface area contributed by atoms with Gasteiger partial charge in [-0.05, 0) is 36.2 Å². The number of halogens is 4. The molecule has 0 spiro atoms. The quantitative estimate of drug-likeness (QED) is 0.574. The summed E-state index contributed by atoms with van der Waals surface area (Å²) in [4.78, 5) is 12.4. The van der Waals surface area contributed by atoms with Crippen LogP contribution < -0.4 is 10.1 Å². The molecule has 0 bridgehead atoms. The van der Waals surface area contributed by atoms with Gasteiger partial charge in [0.1, 0.15) is 11.6 Å². The van der Waals surface area contributed by atoms with Gasteiger partial charge in [0.25, 0.3) is 0 Å². The van der Waals surface area contributed by atoms with Crippen molar-refractivity contribution >= 4 is 21.6 Å². The zero-order valence-corrected chi connectivity index (χ0v) is 18.2. The number of morpholine rings is 1. The Balaban J connectivity index is 1.58. The molecule has 1 fully saturated rings. The van der Waals surface area contributed by atoms with Crippen LogP contribution in [0.1, 0.15) is 12.0 Å². The average Bonchev–Trinajstić information content (AvgIpc) is 2.77. The van der Waals surface area contributed by atoms with E-state index in [4.69, 9.17) is 4.74 Å². The Labute approximate surface area is 188 Å². The van der Waals surface area contributed by atoms with E-state index in [1.54, 1.807) is 12.1 Å². The molecule has 7 nitrogen and oxygen atoms in total. The first-order valence-corrected chi connectivity index (χ1v) is 11.4. The maximum atomic E-state index is 13.5. The summed E-state index contributed by atoms with van der Waals surface area (Å²) in [5, 5.41) is 2.35. The minimum atomic E-state index is -4.59. The summed E-state index contributed by atoms with van der Waals surface area (Å²) < 4.78 is 87.1. The van der Waals surface area contributed by atoms with Crippen LogP contribution in [0.2, 0.25) is 0 Å². The van der Waals surface area contributed by atoms with E-state index in [0.29, 0.717) is 18.8 Å². The number of amides is 1. The lowest BCUT2D eigenvalue weighted by molar-refractivity contribution is -0.153. The predicted octanol–water partition coefficient (Wildman–Crippen LogP) is 3.36. The molecule has 0 saturated carbocycles. The largest absolute Gasteiger partial charge is 0.482 e. The number of ether oxygens (including phenoxy) is 2. The first-order chi connectivity index (χ1) is 15.5. The van der Waals surface area contributed by atoms with Crippen LogP contribution in [0.25, 0.3) is 0 Å². The van der Waals surface area contributed by atoms with Crippen LogP contribution in [0.3, 0.4) is 0 Å². The van der Waals surface area contributed by atoms with Gasteiger partial charge in [-0.25, -0.2) is 12.8 Å². The maximum Gasteiger partial charge on any atom is 0.422 e. The number of carbonyl (C=O) groups is 1. The number of rotatable bonds is 8. The first-order valence-electron chi connectivity index (χ1n) is 10.0. The van der Waals surface area contributed by atoms with E-state index >= 15 is 0 Å². The fraction of sp³-hybridized carbons (Fsp3) is 0.381. The van der Waals surface area contributed by atoms with Crippen molar-refractivity contribution < 1.29 is 40.2 Å². The first kappa shape index (κ1) is 24.9. The standard InChI is InChI=1S/C21H22F4N2O5S/c22-16-4-7-19(32-14-21(23,24)25)18(13-16)26-20(28)8-3-15-1-5-17(6-2-15)33(29,30)27-9-11-31-12-10-27/h1-2,4-7,13H,3,8-12,14H2,(H,26,28). The average molecular weight is 490 g/mol. The van der Waals surface area contributed by atoms with Crippen molar-refractivity contribution in [2.24, 2.45) is 0 Å². The Morgan fingerprint density at radius 2 is 1.76 bits per heavy atom. The van der Waals surface area contributed by atoms with Crippen molar-refractivity contribution in [2.45, 2.75) is 23.9 Å². The zero-order valence-electron chi connectivity index (χ0n) is 17.4. The van der Waals surface area contributed by atoms with Gasteiger partial charge in [-0.2, -0.15) is 17.5 Å². The van der Waals surface area contributed by atoms with E-state index in [2.05, 4.69) is 10.1 Å². The highest BCUT2D eigenvalue weighted by Gasteiger charge is 2.29. The lowest BCUT2D eigenvalue weighted by Gasteiger charge is -2.26. The number of sulfonamides is 1. The summed E-state index contributed by atoms with van der Waals surface area (Å²) in [5.74, 6) is -1.62. The van der Waals surface area contributed by atoms with Crippen molar-refractivity contribution in [1.82, 2.24) is 4.31 Å². The van der Waals surface area contributed by atoms with E-state index in [1.165, 1.54) is 16.4 Å². The molecule has 33 heavy (non-hydrogen) atoms. The molecular weight excluding hydrogens is 468 g/mol. The number of nitrogens with one attached hydrogen (secondary N) is 1. The van der Waals surface area contributed by atoms with E-state index < -0.39 is 34.5 Å². The second kappa shape index (κ2) is 10.5. The molecule has 12 heteroatoms. The van der Waals surface area contributed by atoms with Gasteiger partial charge in [0.05, 0.1) is 23.8 Å². The molecule has 0 radical (unpaired) electrons. The third kappa shape index (κ3) is 7.14. The van der Waals surface area contributed by atoms with Crippen molar-refractivity contribution in [3.05, 3.63) is 53.8 Å². The Kier molecular flexibility index (Phi) is 7.92. The molecule has 0 aliphatic carbocycles. The van der Waals surface area contributed by atoms with Crippen molar-refractivity contribution in [2.75, 3.05) is 38.2 Å². The number of hydrogen-bond donors (Lipinski definition) is 1. The fourth-order valence-corrected chi connectivity index (χ4v) is 4.53. The predicted molar refractivity (Wildman–Crippen MR) is 111 cm³/mol. The number of anilines is 1. The van der Waals surface area contributed by atoms with Gasteiger partial charge in [0, 0.05) is 25.6 Å². The van der Waals surface area contributed by atoms with Crippen LogP contribution in [0.5, 0.6) is 5.75 Å². The Hall–Kier alpha value is -2.70. The lowest BCUT2D eigenvalue weighted by Crippen LogP contribution is -2.40. The smallest absolute Gasteiger partial charge is 0.422 e. The minimum absolute atomic E-state index is 0.0647. The summed E-state index contributed by atoms with van der Waals surface area (Å²) in [6.07, 6.45) is -4.42. The molecule has 1 aliphatic rings. The third-order valence-electron chi connectivity index (χ3n) is 4.78. The summed E-state index contributed by atoms with van der Waals surface area (Å²) in [5.41, 5.74) is 0.468. The molecule has 3 rings (SSSR count). The Bertz CT molecular complexity index is 1070. The van der Waals surface area contributed by atoms with Gasteiger partial charge in [-0.1, -0.05) is 12.1 Å². The maximum absolute atomic E-state index is 13.5. The van der Waals surface area contributed by atoms with Gasteiger partial charge in [-0.3, -0.25) is 4.79 Å². The van der Waals surface area contributed by atoms with Crippen LogP contribution in [-0.2, 0) is 26.0 Å². The highest BCUT2D eigenvalue weighted by molar-refractivity contribution is 7.89. The van der Waals surface area contributed by atoms with Crippen LogP contribution in [-0.4, -0.2) is 57.7 Å². The molecule has 0 atom stereocenters. The van der Waals surface area contributed by atoms with Gasteiger partial charge < -0.3 is 14.8 Å². The molecule has 1 saturated heterocycles. The molecule has 0 aromatic heterocycles. The number of benzene rings is 2. The Morgan fingerprint density at radius 3 is 2.39 bits per heavy atom. The van der Waals surface area contributed by atoms with Gasteiger partial charge in [0.15, 0.2) is 6.61 Å². The molecule has 1 N–H and O–H groups in total. The van der Waals surface area contributed by atoms with Crippen LogP contribution >= 0.6 is 0 Å². The minimum Gasteiger partial charge on any atom is -0.482 e. The lowest BCUT2D eigenvalue weighted by atomic mass is 10.1. The number of carbonyl (C=O) groups excluding carboxylic acids is 1. The molecule has 0 unspecified atom stereocenters. The monoisotopic (exact) mass is 490 g/mol. The second-order valence-electron chi connectivity index (χ2n) is 7.25.